The standard InChI is InChI=1S/C14H13N3OS/c1-18-11-6-3-2-5-10(11)9-13-15-14(17-16-13)12-7-4-8-19-12/h2-8H,9H2,1H3,(H,15,16,17). The summed E-state index contributed by atoms with van der Waals surface area (Å²) in [6, 6.07) is 11.9. The molecule has 0 aliphatic rings. The average molecular weight is 271 g/mol. The molecule has 3 rings (SSSR count). The van der Waals surface area contributed by atoms with Crippen LogP contribution in [0.5, 0.6) is 5.75 Å². The van der Waals surface area contributed by atoms with E-state index in [2.05, 4.69) is 15.2 Å². The molecule has 5 heteroatoms. The highest BCUT2D eigenvalue weighted by Gasteiger charge is 2.09. The third-order valence-corrected chi connectivity index (χ3v) is 3.69. The van der Waals surface area contributed by atoms with E-state index in [0.717, 1.165) is 27.8 Å². The number of nitrogens with zero attached hydrogens (tertiary/aromatic N) is 2. The third kappa shape index (κ3) is 2.51. The van der Waals surface area contributed by atoms with E-state index in [9.17, 15) is 0 Å². The van der Waals surface area contributed by atoms with Crippen molar-refractivity contribution in [1.29, 1.82) is 0 Å². The third-order valence-electron chi connectivity index (χ3n) is 2.82. The Morgan fingerprint density at radius 1 is 1.21 bits per heavy atom. The van der Waals surface area contributed by atoms with Gasteiger partial charge in [-0.15, -0.1) is 11.3 Å². The summed E-state index contributed by atoms with van der Waals surface area (Å²) in [5.41, 5.74) is 1.10. The molecule has 0 fully saturated rings. The molecular weight excluding hydrogens is 258 g/mol. The molecule has 0 atom stereocenters. The number of nitrogens with one attached hydrogen (secondary N) is 1. The lowest BCUT2D eigenvalue weighted by atomic mass is 10.1. The summed E-state index contributed by atoms with van der Waals surface area (Å²) in [4.78, 5) is 5.58. The Hall–Kier alpha value is -2.14. The van der Waals surface area contributed by atoms with Crippen LogP contribution in [0, 0.1) is 0 Å². The average Bonchev–Trinajstić information content (AvgIpc) is 3.09. The number of methoxy groups -OCH3 is 1. The molecule has 1 aromatic carbocycles. The molecule has 0 saturated carbocycles. The molecule has 2 heterocycles. The van der Waals surface area contributed by atoms with Gasteiger partial charge in [-0.25, -0.2) is 4.98 Å². The van der Waals surface area contributed by atoms with Crippen LogP contribution in [0.2, 0.25) is 0 Å². The van der Waals surface area contributed by atoms with Crippen LogP contribution in [0.4, 0.5) is 0 Å². The number of rotatable bonds is 4. The summed E-state index contributed by atoms with van der Waals surface area (Å²) in [5, 5.41) is 9.25. The smallest absolute Gasteiger partial charge is 0.191 e. The number of thiophene rings is 1. The van der Waals surface area contributed by atoms with Gasteiger partial charge in [0.05, 0.1) is 12.0 Å². The Bertz CT molecular complexity index is 661. The van der Waals surface area contributed by atoms with Gasteiger partial charge in [-0.1, -0.05) is 24.3 Å². The summed E-state index contributed by atoms with van der Waals surface area (Å²) in [5.74, 6) is 2.46. The minimum absolute atomic E-state index is 0.683. The second kappa shape index (κ2) is 5.24. The van der Waals surface area contributed by atoms with Gasteiger partial charge in [-0.3, -0.25) is 5.10 Å². The lowest BCUT2D eigenvalue weighted by Gasteiger charge is -2.05. The lowest BCUT2D eigenvalue weighted by Crippen LogP contribution is -1.95. The van der Waals surface area contributed by atoms with Crippen LogP contribution in [0.25, 0.3) is 10.7 Å². The zero-order valence-corrected chi connectivity index (χ0v) is 11.3. The zero-order valence-electron chi connectivity index (χ0n) is 10.5. The fourth-order valence-electron chi connectivity index (χ4n) is 1.92. The summed E-state index contributed by atoms with van der Waals surface area (Å²) in [7, 11) is 1.68. The summed E-state index contributed by atoms with van der Waals surface area (Å²) in [6.07, 6.45) is 0.683. The van der Waals surface area contributed by atoms with Gasteiger partial charge in [-0.05, 0) is 17.5 Å². The number of aromatic nitrogens is 3. The SMILES string of the molecule is COc1ccccc1Cc1nc(-c2cccs2)n[nH]1. The van der Waals surface area contributed by atoms with E-state index < -0.39 is 0 Å². The van der Waals surface area contributed by atoms with Crippen molar-refractivity contribution in [3.05, 3.63) is 53.2 Å². The molecular formula is C14H13N3OS. The quantitative estimate of drug-likeness (QED) is 0.793. The molecule has 0 bridgehead atoms. The highest BCUT2D eigenvalue weighted by Crippen LogP contribution is 2.23. The van der Waals surface area contributed by atoms with Crippen LogP contribution in [-0.2, 0) is 6.42 Å². The van der Waals surface area contributed by atoms with Crippen molar-refractivity contribution in [3.63, 3.8) is 0 Å². The zero-order chi connectivity index (χ0) is 13.1. The van der Waals surface area contributed by atoms with Gasteiger partial charge in [-0.2, -0.15) is 5.10 Å². The van der Waals surface area contributed by atoms with Crippen LogP contribution >= 0.6 is 11.3 Å². The van der Waals surface area contributed by atoms with E-state index in [4.69, 9.17) is 4.74 Å². The van der Waals surface area contributed by atoms with Crippen molar-refractivity contribution in [2.45, 2.75) is 6.42 Å². The fraction of sp³-hybridized carbons (Fsp3) is 0.143. The molecule has 3 aromatic rings. The number of hydrogen-bond donors (Lipinski definition) is 1. The molecule has 19 heavy (non-hydrogen) atoms. The molecule has 1 N–H and O–H groups in total. The Morgan fingerprint density at radius 2 is 2.11 bits per heavy atom. The van der Waals surface area contributed by atoms with Gasteiger partial charge in [0.1, 0.15) is 11.6 Å². The fourth-order valence-corrected chi connectivity index (χ4v) is 2.58. The second-order valence-corrected chi connectivity index (χ2v) is 5.02. The van der Waals surface area contributed by atoms with Crippen LogP contribution in [-0.4, -0.2) is 22.3 Å². The van der Waals surface area contributed by atoms with Crippen molar-refractivity contribution in [1.82, 2.24) is 15.2 Å². The number of aromatic amines is 1. The van der Waals surface area contributed by atoms with Crippen molar-refractivity contribution in [2.75, 3.05) is 7.11 Å². The minimum atomic E-state index is 0.683. The maximum Gasteiger partial charge on any atom is 0.191 e. The topological polar surface area (TPSA) is 50.8 Å². The lowest BCUT2D eigenvalue weighted by molar-refractivity contribution is 0.410. The van der Waals surface area contributed by atoms with E-state index in [0.29, 0.717) is 6.42 Å². The van der Waals surface area contributed by atoms with Crippen LogP contribution in [0.1, 0.15) is 11.4 Å². The second-order valence-electron chi connectivity index (χ2n) is 4.07. The Morgan fingerprint density at radius 3 is 2.89 bits per heavy atom. The first-order valence-electron chi connectivity index (χ1n) is 5.94. The first-order chi connectivity index (χ1) is 9.36. The van der Waals surface area contributed by atoms with Gasteiger partial charge >= 0.3 is 0 Å². The maximum atomic E-state index is 5.34. The molecule has 4 nitrogen and oxygen atoms in total. The number of hydrogen-bond acceptors (Lipinski definition) is 4. The summed E-state index contributed by atoms with van der Waals surface area (Å²) in [6.45, 7) is 0. The first kappa shape index (κ1) is 11.9. The molecule has 0 aliphatic heterocycles. The number of H-pyrrole nitrogens is 1. The van der Waals surface area contributed by atoms with E-state index >= 15 is 0 Å². The maximum absolute atomic E-state index is 5.34. The summed E-state index contributed by atoms with van der Waals surface area (Å²) < 4.78 is 5.34. The molecule has 96 valence electrons. The molecule has 0 saturated heterocycles. The first-order valence-corrected chi connectivity index (χ1v) is 6.82. The molecule has 0 spiro atoms. The number of para-hydroxylation sites is 1. The largest absolute Gasteiger partial charge is 0.496 e. The monoisotopic (exact) mass is 271 g/mol. The summed E-state index contributed by atoms with van der Waals surface area (Å²) >= 11 is 1.63. The Labute approximate surface area is 115 Å². The van der Waals surface area contributed by atoms with Crippen molar-refractivity contribution >= 4 is 11.3 Å². The predicted molar refractivity (Wildman–Crippen MR) is 75.5 cm³/mol. The van der Waals surface area contributed by atoms with Crippen molar-refractivity contribution in [3.8, 4) is 16.5 Å². The highest BCUT2D eigenvalue weighted by molar-refractivity contribution is 7.13. The van der Waals surface area contributed by atoms with Gasteiger partial charge in [0, 0.05) is 12.0 Å². The number of ether oxygens (including phenoxy) is 1. The van der Waals surface area contributed by atoms with Crippen LogP contribution in [0.3, 0.4) is 0 Å². The van der Waals surface area contributed by atoms with Gasteiger partial charge in [0.2, 0.25) is 0 Å². The normalized spacial score (nSPS) is 10.6. The molecule has 2 aromatic heterocycles. The van der Waals surface area contributed by atoms with Crippen LogP contribution in [0.15, 0.2) is 41.8 Å². The van der Waals surface area contributed by atoms with Crippen molar-refractivity contribution in [2.24, 2.45) is 0 Å². The predicted octanol–water partition coefficient (Wildman–Crippen LogP) is 3.13. The highest BCUT2D eigenvalue weighted by atomic mass is 32.1. The van der Waals surface area contributed by atoms with Gasteiger partial charge in [0.15, 0.2) is 5.82 Å². The molecule has 0 unspecified atom stereocenters. The van der Waals surface area contributed by atoms with E-state index in [1.165, 1.54) is 0 Å². The van der Waals surface area contributed by atoms with Crippen molar-refractivity contribution < 1.29 is 4.74 Å². The van der Waals surface area contributed by atoms with E-state index in [-0.39, 0.29) is 0 Å². The molecule has 0 radical (unpaired) electrons. The van der Waals surface area contributed by atoms with Crippen LogP contribution < -0.4 is 4.74 Å². The number of benzene rings is 1. The molecule has 0 aliphatic carbocycles. The Balaban J connectivity index is 1.84. The van der Waals surface area contributed by atoms with E-state index in [1.807, 2.05) is 41.8 Å². The van der Waals surface area contributed by atoms with E-state index in [1.54, 1.807) is 18.4 Å². The Kier molecular flexibility index (Phi) is 3.29. The van der Waals surface area contributed by atoms with Gasteiger partial charge in [0.25, 0.3) is 0 Å². The minimum Gasteiger partial charge on any atom is -0.496 e. The molecule has 0 amide bonds. The van der Waals surface area contributed by atoms with Gasteiger partial charge < -0.3 is 4.74 Å².